The average Bonchev–Trinajstić information content (AvgIpc) is 2.76. The molecule has 0 amide bonds. The second kappa shape index (κ2) is 11.0. The third kappa shape index (κ3) is 6.31. The SMILES string of the molecule is C=C(Cc1ccc(SCC)cc1)Nc1ccc(C(=C)C(c2ccccn2)C(C)C)nc1. The first-order chi connectivity index (χ1) is 15.0. The van der Waals surface area contributed by atoms with Crippen molar-refractivity contribution < 1.29 is 0 Å². The maximum absolute atomic E-state index is 4.67. The largest absolute Gasteiger partial charge is 0.358 e. The molecule has 2 heterocycles. The summed E-state index contributed by atoms with van der Waals surface area (Å²) in [6, 6.07) is 18.8. The number of nitrogens with one attached hydrogen (secondary N) is 1. The third-order valence-corrected chi connectivity index (χ3v) is 6.01. The summed E-state index contributed by atoms with van der Waals surface area (Å²) < 4.78 is 0. The van der Waals surface area contributed by atoms with Crippen molar-refractivity contribution in [1.82, 2.24) is 9.97 Å². The van der Waals surface area contributed by atoms with Gasteiger partial charge in [0.25, 0.3) is 0 Å². The molecule has 0 aliphatic heterocycles. The molecule has 1 unspecified atom stereocenters. The van der Waals surface area contributed by atoms with Gasteiger partial charge < -0.3 is 5.32 Å². The minimum absolute atomic E-state index is 0.135. The quantitative estimate of drug-likeness (QED) is 0.346. The van der Waals surface area contributed by atoms with Crippen LogP contribution in [0.4, 0.5) is 5.69 Å². The van der Waals surface area contributed by atoms with Crippen LogP contribution in [0.5, 0.6) is 0 Å². The van der Waals surface area contributed by atoms with E-state index in [2.05, 4.69) is 79.5 Å². The van der Waals surface area contributed by atoms with Gasteiger partial charge in [0, 0.05) is 34.8 Å². The van der Waals surface area contributed by atoms with E-state index in [1.165, 1.54) is 10.5 Å². The minimum Gasteiger partial charge on any atom is -0.358 e. The highest BCUT2D eigenvalue weighted by molar-refractivity contribution is 7.99. The second-order valence-electron chi connectivity index (χ2n) is 7.92. The summed E-state index contributed by atoms with van der Waals surface area (Å²) >= 11 is 1.85. The van der Waals surface area contributed by atoms with Crippen molar-refractivity contribution >= 4 is 23.0 Å². The highest BCUT2D eigenvalue weighted by Crippen LogP contribution is 2.35. The van der Waals surface area contributed by atoms with Crippen molar-refractivity contribution in [3.05, 3.63) is 103 Å². The Hall–Kier alpha value is -2.85. The normalized spacial score (nSPS) is 11.9. The fraction of sp³-hybridized carbons (Fsp3) is 0.259. The lowest BCUT2D eigenvalue weighted by Crippen LogP contribution is -2.11. The van der Waals surface area contributed by atoms with Gasteiger partial charge in [-0.15, -0.1) is 11.8 Å². The van der Waals surface area contributed by atoms with Crippen LogP contribution in [0.25, 0.3) is 5.57 Å². The molecule has 1 aromatic carbocycles. The molecule has 2 aromatic heterocycles. The second-order valence-corrected chi connectivity index (χ2v) is 9.25. The molecule has 0 spiro atoms. The third-order valence-electron chi connectivity index (χ3n) is 5.11. The first-order valence-electron chi connectivity index (χ1n) is 10.7. The number of pyridine rings is 2. The van der Waals surface area contributed by atoms with Crippen LogP contribution in [-0.2, 0) is 6.42 Å². The summed E-state index contributed by atoms with van der Waals surface area (Å²) in [5.74, 6) is 1.60. The van der Waals surface area contributed by atoms with Gasteiger partial charge in [-0.3, -0.25) is 9.97 Å². The number of aromatic nitrogens is 2. The lowest BCUT2D eigenvalue weighted by atomic mass is 9.84. The highest BCUT2D eigenvalue weighted by Gasteiger charge is 2.22. The van der Waals surface area contributed by atoms with Crippen LogP contribution in [-0.4, -0.2) is 15.7 Å². The maximum atomic E-state index is 4.67. The molecule has 3 aromatic rings. The van der Waals surface area contributed by atoms with Gasteiger partial charge in [0.15, 0.2) is 0 Å². The number of rotatable bonds is 10. The number of allylic oxidation sites excluding steroid dienone is 2. The van der Waals surface area contributed by atoms with E-state index >= 15 is 0 Å². The van der Waals surface area contributed by atoms with Gasteiger partial charge >= 0.3 is 0 Å². The van der Waals surface area contributed by atoms with Crippen molar-refractivity contribution in [2.24, 2.45) is 5.92 Å². The Labute approximate surface area is 190 Å². The van der Waals surface area contributed by atoms with E-state index in [9.17, 15) is 0 Å². The first-order valence-corrected chi connectivity index (χ1v) is 11.7. The Morgan fingerprint density at radius 2 is 1.77 bits per heavy atom. The zero-order valence-electron chi connectivity index (χ0n) is 18.6. The van der Waals surface area contributed by atoms with Gasteiger partial charge in [0.05, 0.1) is 17.6 Å². The van der Waals surface area contributed by atoms with Gasteiger partial charge in [0.2, 0.25) is 0 Å². The molecule has 0 bridgehead atoms. The van der Waals surface area contributed by atoms with E-state index in [0.29, 0.717) is 5.92 Å². The Morgan fingerprint density at radius 1 is 1.00 bits per heavy atom. The van der Waals surface area contributed by atoms with Gasteiger partial charge in [-0.2, -0.15) is 0 Å². The van der Waals surface area contributed by atoms with Crippen molar-refractivity contribution in [1.29, 1.82) is 0 Å². The van der Waals surface area contributed by atoms with Crippen LogP contribution in [0.1, 0.15) is 43.6 Å². The molecule has 1 N–H and O–H groups in total. The Bertz CT molecular complexity index is 993. The summed E-state index contributed by atoms with van der Waals surface area (Å²) in [7, 11) is 0. The van der Waals surface area contributed by atoms with E-state index < -0.39 is 0 Å². The van der Waals surface area contributed by atoms with E-state index in [1.54, 1.807) is 0 Å². The van der Waals surface area contributed by atoms with E-state index in [0.717, 1.165) is 40.5 Å². The standard InChI is InChI=1S/C27H31N3S/c1-6-31-24-13-10-22(11-14-24)17-20(4)30-23-12-15-25(29-18-23)21(5)27(19(2)3)26-9-7-8-16-28-26/h7-16,18-19,27,30H,4-6,17H2,1-3H3. The summed E-state index contributed by atoms with van der Waals surface area (Å²) in [6.07, 6.45) is 4.46. The molecule has 0 aliphatic carbocycles. The summed E-state index contributed by atoms with van der Waals surface area (Å²) in [5, 5.41) is 3.38. The molecule has 1 atom stereocenters. The average molecular weight is 430 g/mol. The van der Waals surface area contributed by atoms with Gasteiger partial charge in [0.1, 0.15) is 0 Å². The molecule has 0 radical (unpaired) electrons. The minimum atomic E-state index is 0.135. The smallest absolute Gasteiger partial charge is 0.0664 e. The number of anilines is 1. The van der Waals surface area contributed by atoms with Crippen molar-refractivity contribution in [3.8, 4) is 0 Å². The van der Waals surface area contributed by atoms with E-state index in [1.807, 2.05) is 48.4 Å². The summed E-state index contributed by atoms with van der Waals surface area (Å²) in [6.45, 7) is 15.1. The van der Waals surface area contributed by atoms with Gasteiger partial charge in [-0.05, 0) is 59.2 Å². The van der Waals surface area contributed by atoms with Crippen LogP contribution in [0.3, 0.4) is 0 Å². The van der Waals surface area contributed by atoms with E-state index in [-0.39, 0.29) is 5.92 Å². The van der Waals surface area contributed by atoms with Crippen LogP contribution in [0.2, 0.25) is 0 Å². The van der Waals surface area contributed by atoms with E-state index in [4.69, 9.17) is 0 Å². The Morgan fingerprint density at radius 3 is 2.35 bits per heavy atom. The van der Waals surface area contributed by atoms with Gasteiger partial charge in [-0.25, -0.2) is 0 Å². The zero-order valence-corrected chi connectivity index (χ0v) is 19.5. The lowest BCUT2D eigenvalue weighted by Gasteiger charge is -2.22. The molecule has 4 heteroatoms. The Balaban J connectivity index is 1.63. The lowest BCUT2D eigenvalue weighted by molar-refractivity contribution is 0.577. The molecule has 0 saturated heterocycles. The molecular formula is C27H31N3S. The molecule has 31 heavy (non-hydrogen) atoms. The zero-order chi connectivity index (χ0) is 22.2. The van der Waals surface area contributed by atoms with Crippen LogP contribution in [0, 0.1) is 5.92 Å². The number of hydrogen-bond donors (Lipinski definition) is 1. The summed E-state index contributed by atoms with van der Waals surface area (Å²) in [4.78, 5) is 10.5. The summed E-state index contributed by atoms with van der Waals surface area (Å²) in [5.41, 5.74) is 6.03. The predicted octanol–water partition coefficient (Wildman–Crippen LogP) is 7.21. The van der Waals surface area contributed by atoms with Crippen molar-refractivity contribution in [3.63, 3.8) is 0 Å². The number of nitrogens with zero attached hydrogens (tertiary/aromatic N) is 2. The Kier molecular flexibility index (Phi) is 8.07. The first kappa shape index (κ1) is 22.8. The van der Waals surface area contributed by atoms with Crippen LogP contribution < -0.4 is 5.32 Å². The fourth-order valence-electron chi connectivity index (χ4n) is 3.66. The molecule has 3 rings (SSSR count). The monoisotopic (exact) mass is 429 g/mol. The van der Waals surface area contributed by atoms with Crippen LogP contribution in [0.15, 0.2) is 90.7 Å². The molecular weight excluding hydrogens is 398 g/mol. The number of hydrogen-bond acceptors (Lipinski definition) is 4. The number of thioether (sulfide) groups is 1. The topological polar surface area (TPSA) is 37.8 Å². The fourth-order valence-corrected chi connectivity index (χ4v) is 4.33. The van der Waals surface area contributed by atoms with Crippen molar-refractivity contribution in [2.75, 3.05) is 11.1 Å². The molecule has 0 saturated carbocycles. The van der Waals surface area contributed by atoms with Gasteiger partial charge in [-0.1, -0.05) is 52.1 Å². The molecule has 160 valence electrons. The van der Waals surface area contributed by atoms with Crippen molar-refractivity contribution in [2.45, 2.75) is 38.0 Å². The molecule has 0 fully saturated rings. The van der Waals surface area contributed by atoms with Crippen LogP contribution >= 0.6 is 11.8 Å². The highest BCUT2D eigenvalue weighted by atomic mass is 32.2. The number of benzene rings is 1. The predicted molar refractivity (Wildman–Crippen MR) is 134 cm³/mol. The molecule has 3 nitrogen and oxygen atoms in total. The maximum Gasteiger partial charge on any atom is 0.0664 e. The molecule has 0 aliphatic rings.